The van der Waals surface area contributed by atoms with E-state index in [0.29, 0.717) is 18.0 Å². The molecule has 3 heteroatoms. The maximum Gasteiger partial charge on any atom is 0.0622 e. The number of anilines is 1. The third-order valence-corrected chi connectivity index (χ3v) is 3.68. The molecule has 0 aliphatic heterocycles. The first-order valence-electron chi connectivity index (χ1n) is 7.56. The molecule has 0 aliphatic carbocycles. The molecular weight excluding hydrogens is 248 g/mol. The molecule has 0 saturated heterocycles. The van der Waals surface area contributed by atoms with Gasteiger partial charge in [0.2, 0.25) is 0 Å². The van der Waals surface area contributed by atoms with E-state index >= 15 is 0 Å². The first-order chi connectivity index (χ1) is 9.45. The van der Waals surface area contributed by atoms with Gasteiger partial charge in [-0.2, -0.15) is 0 Å². The van der Waals surface area contributed by atoms with Crippen LogP contribution in [0.5, 0.6) is 0 Å². The standard InChI is InChI=1S/C17H30N2O/c1-7-20-12-17(13(2)3)18-14(4)15-8-10-16(11-9-15)19(5)6/h8-11,13-14,17-18H,7,12H2,1-6H3. The molecule has 0 saturated carbocycles. The van der Waals surface area contributed by atoms with Crippen molar-refractivity contribution in [2.45, 2.75) is 39.8 Å². The molecule has 0 aromatic heterocycles. The van der Waals surface area contributed by atoms with Gasteiger partial charge in [0.15, 0.2) is 0 Å². The van der Waals surface area contributed by atoms with E-state index in [-0.39, 0.29) is 0 Å². The van der Waals surface area contributed by atoms with E-state index in [0.717, 1.165) is 13.2 Å². The number of hydrogen-bond donors (Lipinski definition) is 1. The Hall–Kier alpha value is -1.06. The van der Waals surface area contributed by atoms with Crippen LogP contribution in [-0.4, -0.2) is 33.4 Å². The third-order valence-electron chi connectivity index (χ3n) is 3.68. The summed E-state index contributed by atoms with van der Waals surface area (Å²) in [6, 6.07) is 9.45. The molecule has 0 fully saturated rings. The summed E-state index contributed by atoms with van der Waals surface area (Å²) in [5, 5.41) is 3.68. The summed E-state index contributed by atoms with van der Waals surface area (Å²) >= 11 is 0. The average Bonchev–Trinajstić information content (AvgIpc) is 2.42. The van der Waals surface area contributed by atoms with Crippen molar-refractivity contribution in [3.05, 3.63) is 29.8 Å². The van der Waals surface area contributed by atoms with E-state index in [1.807, 2.05) is 6.92 Å². The van der Waals surface area contributed by atoms with Crippen molar-refractivity contribution in [1.82, 2.24) is 5.32 Å². The van der Waals surface area contributed by atoms with Gasteiger partial charge in [0.25, 0.3) is 0 Å². The Morgan fingerprint density at radius 3 is 2.15 bits per heavy atom. The van der Waals surface area contributed by atoms with Gasteiger partial charge in [-0.15, -0.1) is 0 Å². The van der Waals surface area contributed by atoms with Crippen LogP contribution in [0, 0.1) is 5.92 Å². The van der Waals surface area contributed by atoms with Crippen LogP contribution in [-0.2, 0) is 4.74 Å². The van der Waals surface area contributed by atoms with E-state index in [4.69, 9.17) is 4.74 Å². The number of nitrogens with one attached hydrogen (secondary N) is 1. The molecule has 20 heavy (non-hydrogen) atoms. The average molecular weight is 278 g/mol. The number of ether oxygens (including phenoxy) is 1. The van der Waals surface area contributed by atoms with Gasteiger partial charge in [-0.1, -0.05) is 26.0 Å². The number of hydrogen-bond acceptors (Lipinski definition) is 3. The zero-order chi connectivity index (χ0) is 15.1. The zero-order valence-electron chi connectivity index (χ0n) is 13.8. The predicted octanol–water partition coefficient (Wildman–Crippen LogP) is 3.46. The lowest BCUT2D eigenvalue weighted by molar-refractivity contribution is 0.104. The minimum atomic E-state index is 0.332. The second kappa shape index (κ2) is 8.28. The highest BCUT2D eigenvalue weighted by molar-refractivity contribution is 5.46. The molecule has 2 atom stereocenters. The van der Waals surface area contributed by atoms with Crippen LogP contribution in [0.15, 0.2) is 24.3 Å². The molecule has 1 aromatic rings. The van der Waals surface area contributed by atoms with Crippen LogP contribution >= 0.6 is 0 Å². The van der Waals surface area contributed by atoms with Gasteiger partial charge in [0.05, 0.1) is 6.61 Å². The van der Waals surface area contributed by atoms with Crippen LogP contribution < -0.4 is 10.2 Å². The zero-order valence-corrected chi connectivity index (χ0v) is 13.8. The second-order valence-electron chi connectivity index (χ2n) is 5.88. The summed E-state index contributed by atoms with van der Waals surface area (Å²) in [4.78, 5) is 2.12. The van der Waals surface area contributed by atoms with Gasteiger partial charge >= 0.3 is 0 Å². The highest BCUT2D eigenvalue weighted by Crippen LogP contribution is 2.19. The Kier molecular flexibility index (Phi) is 7.03. The van der Waals surface area contributed by atoms with Crippen molar-refractivity contribution in [3.63, 3.8) is 0 Å². The fourth-order valence-corrected chi connectivity index (χ4v) is 2.16. The molecule has 1 rings (SSSR count). The number of rotatable bonds is 8. The van der Waals surface area contributed by atoms with Gasteiger partial charge < -0.3 is 15.0 Å². The van der Waals surface area contributed by atoms with Gasteiger partial charge in [-0.3, -0.25) is 0 Å². The van der Waals surface area contributed by atoms with Gasteiger partial charge in [0, 0.05) is 38.5 Å². The van der Waals surface area contributed by atoms with Crippen molar-refractivity contribution in [2.24, 2.45) is 5.92 Å². The summed E-state index contributed by atoms with van der Waals surface area (Å²) in [5.41, 5.74) is 2.55. The second-order valence-corrected chi connectivity index (χ2v) is 5.88. The monoisotopic (exact) mass is 278 g/mol. The highest BCUT2D eigenvalue weighted by atomic mass is 16.5. The molecule has 1 aromatic carbocycles. The van der Waals surface area contributed by atoms with Crippen molar-refractivity contribution >= 4 is 5.69 Å². The van der Waals surface area contributed by atoms with Crippen LogP contribution in [0.4, 0.5) is 5.69 Å². The predicted molar refractivity (Wildman–Crippen MR) is 87.4 cm³/mol. The summed E-state index contributed by atoms with van der Waals surface area (Å²) in [7, 11) is 4.13. The molecule has 114 valence electrons. The van der Waals surface area contributed by atoms with Gasteiger partial charge in [-0.05, 0) is 37.5 Å². The van der Waals surface area contributed by atoms with E-state index in [1.165, 1.54) is 11.3 Å². The lowest BCUT2D eigenvalue weighted by Gasteiger charge is -2.27. The van der Waals surface area contributed by atoms with Crippen LogP contribution in [0.2, 0.25) is 0 Å². The minimum Gasteiger partial charge on any atom is -0.380 e. The first kappa shape index (κ1) is 17.0. The lowest BCUT2D eigenvalue weighted by atomic mass is 10.0. The Morgan fingerprint density at radius 1 is 1.10 bits per heavy atom. The molecular formula is C17H30N2O. The van der Waals surface area contributed by atoms with E-state index in [9.17, 15) is 0 Å². The van der Waals surface area contributed by atoms with Gasteiger partial charge in [-0.25, -0.2) is 0 Å². The Balaban J connectivity index is 2.65. The summed E-state index contributed by atoms with van der Waals surface area (Å²) in [5.74, 6) is 0.560. The normalized spacial score (nSPS) is 14.3. The number of benzene rings is 1. The molecule has 0 amide bonds. The molecule has 3 nitrogen and oxygen atoms in total. The Labute approximate surface area is 124 Å². The van der Waals surface area contributed by atoms with Crippen molar-refractivity contribution in [2.75, 3.05) is 32.2 Å². The fraction of sp³-hybridized carbons (Fsp3) is 0.647. The molecule has 0 heterocycles. The van der Waals surface area contributed by atoms with Crippen molar-refractivity contribution < 1.29 is 4.74 Å². The highest BCUT2D eigenvalue weighted by Gasteiger charge is 2.16. The lowest BCUT2D eigenvalue weighted by Crippen LogP contribution is -2.39. The fourth-order valence-electron chi connectivity index (χ4n) is 2.16. The van der Waals surface area contributed by atoms with Crippen molar-refractivity contribution in [3.8, 4) is 0 Å². The third kappa shape index (κ3) is 5.14. The first-order valence-corrected chi connectivity index (χ1v) is 7.56. The van der Waals surface area contributed by atoms with E-state index in [2.05, 4.69) is 69.3 Å². The number of nitrogens with zero attached hydrogens (tertiary/aromatic N) is 1. The summed E-state index contributed by atoms with van der Waals surface area (Å²) < 4.78 is 5.58. The quantitative estimate of drug-likeness (QED) is 0.788. The Bertz CT molecular complexity index is 373. The van der Waals surface area contributed by atoms with Crippen LogP contribution in [0.3, 0.4) is 0 Å². The molecule has 2 unspecified atom stereocenters. The molecule has 0 aliphatic rings. The summed E-state index contributed by atoms with van der Waals surface area (Å²) in [6.07, 6.45) is 0. The molecule has 0 bridgehead atoms. The maximum atomic E-state index is 5.58. The molecule has 0 spiro atoms. The molecule has 0 radical (unpaired) electrons. The van der Waals surface area contributed by atoms with E-state index < -0.39 is 0 Å². The maximum absolute atomic E-state index is 5.58. The summed E-state index contributed by atoms with van der Waals surface area (Å²) in [6.45, 7) is 10.3. The van der Waals surface area contributed by atoms with Crippen LogP contribution in [0.1, 0.15) is 39.3 Å². The smallest absolute Gasteiger partial charge is 0.0622 e. The van der Waals surface area contributed by atoms with Crippen molar-refractivity contribution in [1.29, 1.82) is 0 Å². The minimum absolute atomic E-state index is 0.332. The van der Waals surface area contributed by atoms with Gasteiger partial charge in [0.1, 0.15) is 0 Å². The topological polar surface area (TPSA) is 24.5 Å². The van der Waals surface area contributed by atoms with E-state index in [1.54, 1.807) is 0 Å². The Morgan fingerprint density at radius 2 is 1.70 bits per heavy atom. The SMILES string of the molecule is CCOCC(NC(C)c1ccc(N(C)C)cc1)C(C)C. The van der Waals surface area contributed by atoms with Crippen LogP contribution in [0.25, 0.3) is 0 Å². The molecule has 1 N–H and O–H groups in total. The largest absolute Gasteiger partial charge is 0.380 e.